The maximum atomic E-state index is 12.5. The summed E-state index contributed by atoms with van der Waals surface area (Å²) >= 11 is -1.28. The zero-order valence-electron chi connectivity index (χ0n) is 18.1. The van der Waals surface area contributed by atoms with Gasteiger partial charge in [0.25, 0.3) is 0 Å². The molecule has 7 heteroatoms. The molecule has 2 rings (SSSR count). The molecule has 2 heterocycles. The number of hydrogen-bond acceptors (Lipinski definition) is 5. The Hall–Kier alpha value is -0.790. The van der Waals surface area contributed by atoms with Crippen LogP contribution in [0.2, 0.25) is 0 Å². The van der Waals surface area contributed by atoms with Crippen LogP contribution in [0.5, 0.6) is 0 Å². The molecule has 2 fully saturated rings. The Morgan fingerprint density at radius 1 is 1.22 bits per heavy atom. The first-order valence-corrected chi connectivity index (χ1v) is 10.9. The van der Waals surface area contributed by atoms with Crippen molar-refractivity contribution in [1.82, 2.24) is 4.90 Å². The topological polar surface area (TPSA) is 74.2 Å². The summed E-state index contributed by atoms with van der Waals surface area (Å²) in [5, 5.41) is 0. The zero-order valence-corrected chi connectivity index (χ0v) is 18.9. The van der Waals surface area contributed by atoms with Gasteiger partial charge in [-0.1, -0.05) is 4.40 Å². The van der Waals surface area contributed by atoms with Crippen molar-refractivity contribution in [2.75, 3.05) is 19.7 Å². The predicted molar refractivity (Wildman–Crippen MR) is 109 cm³/mol. The molecule has 0 radical (unpaired) electrons. The summed E-state index contributed by atoms with van der Waals surface area (Å²) in [6.07, 6.45) is 1.48. The van der Waals surface area contributed by atoms with Crippen molar-refractivity contribution >= 4 is 23.2 Å². The second-order valence-corrected chi connectivity index (χ2v) is 11.8. The number of likely N-dealkylation sites (tertiary alicyclic amines) is 1. The van der Waals surface area contributed by atoms with Gasteiger partial charge in [-0.05, 0) is 68.2 Å². The maximum absolute atomic E-state index is 12.5. The first-order chi connectivity index (χ1) is 12.3. The van der Waals surface area contributed by atoms with Crippen LogP contribution in [0.4, 0.5) is 4.79 Å². The Bertz CT molecular complexity index is 572. The summed E-state index contributed by atoms with van der Waals surface area (Å²) in [7, 11) is 0. The molecule has 0 N–H and O–H groups in total. The van der Waals surface area contributed by atoms with Gasteiger partial charge in [0, 0.05) is 24.4 Å². The van der Waals surface area contributed by atoms with Crippen LogP contribution in [0.1, 0.15) is 68.2 Å². The lowest BCUT2D eigenvalue weighted by atomic mass is 9.67. The number of hydrogen-bond donors (Lipinski definition) is 0. The van der Waals surface area contributed by atoms with Crippen LogP contribution in [-0.4, -0.2) is 57.4 Å². The molecule has 0 bridgehead atoms. The second-order valence-electron chi connectivity index (χ2n) is 9.92. The Balaban J connectivity index is 2.11. The molecule has 2 unspecified atom stereocenters. The monoisotopic (exact) mass is 400 g/mol. The van der Waals surface area contributed by atoms with E-state index >= 15 is 0 Å². The van der Waals surface area contributed by atoms with E-state index < -0.39 is 17.0 Å². The lowest BCUT2D eigenvalue weighted by Gasteiger charge is -2.42. The third kappa shape index (κ3) is 5.39. The minimum atomic E-state index is -1.28. The summed E-state index contributed by atoms with van der Waals surface area (Å²) in [4.78, 5) is 14.1. The molecule has 1 spiro atoms. The average Bonchev–Trinajstić information content (AvgIpc) is 2.81. The largest absolute Gasteiger partial charge is 0.591 e. The number of carbonyl (C=O) groups is 1. The van der Waals surface area contributed by atoms with Gasteiger partial charge < -0.3 is 18.9 Å². The minimum absolute atomic E-state index is 0.0406. The third-order valence-electron chi connectivity index (χ3n) is 5.37. The van der Waals surface area contributed by atoms with Crippen LogP contribution >= 0.6 is 0 Å². The van der Waals surface area contributed by atoms with Crippen LogP contribution in [0.25, 0.3) is 0 Å². The van der Waals surface area contributed by atoms with Gasteiger partial charge in [0.05, 0.1) is 18.4 Å². The van der Waals surface area contributed by atoms with Gasteiger partial charge in [-0.15, -0.1) is 0 Å². The van der Waals surface area contributed by atoms with Gasteiger partial charge in [-0.3, -0.25) is 0 Å². The van der Waals surface area contributed by atoms with Gasteiger partial charge in [0.1, 0.15) is 21.7 Å². The Morgan fingerprint density at radius 3 is 2.26 bits per heavy atom. The number of amides is 1. The van der Waals surface area contributed by atoms with E-state index in [0.29, 0.717) is 19.7 Å². The second kappa shape index (κ2) is 7.91. The predicted octanol–water partition coefficient (Wildman–Crippen LogP) is 3.96. The molecule has 2 saturated heterocycles. The molecule has 6 nitrogen and oxygen atoms in total. The molecule has 3 atom stereocenters. The number of rotatable bonds is 2. The highest BCUT2D eigenvalue weighted by Gasteiger charge is 2.52. The molecule has 1 amide bonds. The van der Waals surface area contributed by atoms with Crippen molar-refractivity contribution < 1.29 is 18.8 Å². The summed E-state index contributed by atoms with van der Waals surface area (Å²) in [6, 6.07) is 0. The highest BCUT2D eigenvalue weighted by Crippen LogP contribution is 2.47. The molecule has 0 aromatic heterocycles. The normalized spacial score (nSPS) is 27.7. The van der Waals surface area contributed by atoms with E-state index in [9.17, 15) is 9.35 Å². The fraction of sp³-hybridized carbons (Fsp3) is 0.900. The van der Waals surface area contributed by atoms with Crippen LogP contribution in [-0.2, 0) is 20.8 Å². The smallest absolute Gasteiger partial charge is 0.410 e. The van der Waals surface area contributed by atoms with Crippen molar-refractivity contribution in [3.63, 3.8) is 0 Å². The van der Waals surface area contributed by atoms with Gasteiger partial charge in [-0.2, -0.15) is 0 Å². The first-order valence-electron chi connectivity index (χ1n) is 9.82. The van der Waals surface area contributed by atoms with Crippen LogP contribution in [0.3, 0.4) is 0 Å². The van der Waals surface area contributed by atoms with E-state index in [2.05, 4.69) is 11.3 Å². The fourth-order valence-electron chi connectivity index (χ4n) is 4.01. The molecule has 0 aromatic carbocycles. The van der Waals surface area contributed by atoms with Crippen LogP contribution in [0, 0.1) is 11.3 Å². The molecule has 0 saturated carbocycles. The van der Waals surface area contributed by atoms with Crippen LogP contribution in [0.15, 0.2) is 4.40 Å². The zero-order chi connectivity index (χ0) is 20.6. The molecule has 2 aliphatic rings. The highest BCUT2D eigenvalue weighted by atomic mass is 32.2. The van der Waals surface area contributed by atoms with Crippen molar-refractivity contribution in [2.24, 2.45) is 15.7 Å². The lowest BCUT2D eigenvalue weighted by molar-refractivity contribution is 0.00635. The van der Waals surface area contributed by atoms with E-state index in [1.54, 1.807) is 4.90 Å². The fourth-order valence-corrected chi connectivity index (χ4v) is 4.65. The standard InChI is InChI=1S/C20H36N2O4S/c1-14(21-27(24)19(6,7)8)16-15(2)25-13-20(16)9-11-22(12-10-20)17(23)26-18(3,4)5/h15-16H,9-13H2,1-8H3/t15-,16?,27?/m0/s1. The van der Waals surface area contributed by atoms with E-state index in [-0.39, 0.29) is 28.3 Å². The number of piperidine rings is 1. The Labute approximate surface area is 167 Å². The molecular weight excluding hydrogens is 364 g/mol. The number of carbonyl (C=O) groups excluding carboxylic acids is 1. The molecule has 0 aliphatic carbocycles. The minimum Gasteiger partial charge on any atom is -0.591 e. The van der Waals surface area contributed by atoms with E-state index in [1.165, 1.54) is 0 Å². The highest BCUT2D eigenvalue weighted by molar-refractivity contribution is 7.91. The number of ether oxygens (including phenoxy) is 2. The maximum Gasteiger partial charge on any atom is 0.410 e. The van der Waals surface area contributed by atoms with Gasteiger partial charge >= 0.3 is 6.09 Å². The van der Waals surface area contributed by atoms with Gasteiger partial charge in [0.2, 0.25) is 0 Å². The molecule has 0 aromatic rings. The van der Waals surface area contributed by atoms with Crippen molar-refractivity contribution in [3.05, 3.63) is 0 Å². The third-order valence-corrected chi connectivity index (χ3v) is 6.88. The Morgan fingerprint density at radius 2 is 1.78 bits per heavy atom. The van der Waals surface area contributed by atoms with E-state index in [0.717, 1.165) is 18.6 Å². The molecule has 27 heavy (non-hydrogen) atoms. The van der Waals surface area contributed by atoms with Crippen molar-refractivity contribution in [3.8, 4) is 0 Å². The summed E-state index contributed by atoms with van der Waals surface area (Å²) < 4.78 is 28.2. The van der Waals surface area contributed by atoms with Crippen molar-refractivity contribution in [2.45, 2.75) is 84.7 Å². The summed E-state index contributed by atoms with van der Waals surface area (Å²) in [6.45, 7) is 17.5. The molecule has 2 aliphatic heterocycles. The first kappa shape index (κ1) is 22.5. The molecule has 156 valence electrons. The lowest BCUT2D eigenvalue weighted by Crippen LogP contribution is -2.49. The summed E-state index contributed by atoms with van der Waals surface area (Å²) in [5.74, 6) is 0.129. The number of nitrogens with zero attached hydrogens (tertiary/aromatic N) is 2. The molecular formula is C20H36N2O4S. The Kier molecular flexibility index (Phi) is 6.59. The van der Waals surface area contributed by atoms with Crippen molar-refractivity contribution in [1.29, 1.82) is 0 Å². The van der Waals surface area contributed by atoms with E-state index in [1.807, 2.05) is 48.5 Å². The van der Waals surface area contributed by atoms with Gasteiger partial charge in [-0.25, -0.2) is 4.79 Å². The summed E-state index contributed by atoms with van der Waals surface area (Å²) in [5.41, 5.74) is 0.368. The quantitative estimate of drug-likeness (QED) is 0.519. The van der Waals surface area contributed by atoms with Gasteiger partial charge in [0.15, 0.2) is 0 Å². The van der Waals surface area contributed by atoms with E-state index in [4.69, 9.17) is 9.47 Å². The van der Waals surface area contributed by atoms with Crippen LogP contribution < -0.4 is 0 Å². The average molecular weight is 401 g/mol. The SMILES string of the molecule is CC(=N[S+]([O-])C(C)(C)C)C1[C@H](C)OCC12CCN(C(=O)OC(C)(C)C)CC2.